The third-order valence-electron chi connectivity index (χ3n) is 4.59. The van der Waals surface area contributed by atoms with Gasteiger partial charge in [0.15, 0.2) is 0 Å². The number of nitrogens with one attached hydrogen (secondary N) is 2. The van der Waals surface area contributed by atoms with E-state index < -0.39 is 0 Å². The number of aromatic nitrogens is 2. The third-order valence-corrected chi connectivity index (χ3v) is 4.59. The summed E-state index contributed by atoms with van der Waals surface area (Å²) >= 11 is 0. The number of likely N-dealkylation sites (tertiary alicyclic amines) is 1. The van der Waals surface area contributed by atoms with E-state index in [4.69, 9.17) is 7.85 Å². The first-order valence-electron chi connectivity index (χ1n) is 8.61. The molecule has 4 rings (SSSR count). The summed E-state index contributed by atoms with van der Waals surface area (Å²) in [7, 11) is 6.18. The Morgan fingerprint density at radius 3 is 2.60 bits per heavy atom. The van der Waals surface area contributed by atoms with Crippen molar-refractivity contribution in [3.8, 4) is 11.1 Å². The van der Waals surface area contributed by atoms with Crippen LogP contribution >= 0.6 is 0 Å². The molecule has 0 unspecified atom stereocenters. The van der Waals surface area contributed by atoms with Gasteiger partial charge in [-0.05, 0) is 36.5 Å². The van der Waals surface area contributed by atoms with Crippen molar-refractivity contribution in [1.29, 1.82) is 0 Å². The van der Waals surface area contributed by atoms with Crippen LogP contribution in [0.2, 0.25) is 0 Å². The van der Waals surface area contributed by atoms with E-state index in [2.05, 4.69) is 15.3 Å². The van der Waals surface area contributed by atoms with Crippen molar-refractivity contribution >= 4 is 36.3 Å². The number of H-pyrrole nitrogens is 1. The quantitative estimate of drug-likeness (QED) is 0.710. The smallest absolute Gasteiger partial charge is 0.324 e. The van der Waals surface area contributed by atoms with Gasteiger partial charge >= 0.3 is 6.03 Å². The van der Waals surface area contributed by atoms with Gasteiger partial charge in [0.2, 0.25) is 5.95 Å². The number of benzene rings is 2. The molecule has 2 aromatic carbocycles. The molecule has 2 N–H and O–H groups in total. The minimum absolute atomic E-state index is 0.111. The predicted molar refractivity (Wildman–Crippen MR) is 101 cm³/mol. The number of fused-ring (bicyclic) bond motifs is 1. The molecule has 0 saturated carbocycles. The average Bonchev–Trinajstić information content (AvgIpc) is 3.06. The van der Waals surface area contributed by atoms with Crippen LogP contribution in [0.1, 0.15) is 19.3 Å². The summed E-state index contributed by atoms with van der Waals surface area (Å²) in [6.07, 6.45) is 3.30. The number of rotatable bonds is 2. The Kier molecular flexibility index (Phi) is 4.18. The maximum Gasteiger partial charge on any atom is 0.324 e. The minimum Gasteiger partial charge on any atom is -0.324 e. The molecule has 1 fully saturated rings. The highest BCUT2D eigenvalue weighted by atomic mass is 16.2. The molecule has 124 valence electrons. The van der Waals surface area contributed by atoms with Crippen molar-refractivity contribution in [2.45, 2.75) is 19.3 Å². The third kappa shape index (κ3) is 3.24. The highest BCUT2D eigenvalue weighted by Gasteiger charge is 2.18. The molecule has 5 nitrogen and oxygen atoms in total. The van der Waals surface area contributed by atoms with Crippen LogP contribution in [0.25, 0.3) is 22.2 Å². The molecule has 0 bridgehead atoms. The minimum atomic E-state index is -0.111. The standard InChI is InChI=1S/C19H19BN4O/c20-15-11-14(13-7-3-1-4-8-13)12-16-17(15)22-18(21-16)23-19(25)24-9-5-2-6-10-24/h1,3-4,7-8,11-12H,2,5-6,9-10H2,(H2,21,22,23,25). The van der Waals surface area contributed by atoms with Gasteiger partial charge in [-0.1, -0.05) is 41.9 Å². The van der Waals surface area contributed by atoms with E-state index in [0.717, 1.165) is 42.6 Å². The van der Waals surface area contributed by atoms with Crippen molar-refractivity contribution in [3.05, 3.63) is 42.5 Å². The lowest BCUT2D eigenvalue weighted by molar-refractivity contribution is 0.200. The first kappa shape index (κ1) is 15.8. The molecular formula is C19H19BN4O. The number of carbonyl (C=O) groups excluding carboxylic acids is 1. The molecule has 2 heterocycles. The van der Waals surface area contributed by atoms with E-state index in [1.165, 1.54) is 6.42 Å². The van der Waals surface area contributed by atoms with Crippen LogP contribution in [0.4, 0.5) is 10.7 Å². The van der Waals surface area contributed by atoms with Crippen LogP contribution in [-0.4, -0.2) is 41.8 Å². The zero-order chi connectivity index (χ0) is 17.2. The molecule has 1 aromatic heterocycles. The first-order chi connectivity index (χ1) is 12.2. The number of hydrogen-bond acceptors (Lipinski definition) is 2. The topological polar surface area (TPSA) is 61.0 Å². The first-order valence-corrected chi connectivity index (χ1v) is 8.61. The Morgan fingerprint density at radius 1 is 1.08 bits per heavy atom. The number of imidazole rings is 1. The Morgan fingerprint density at radius 2 is 1.84 bits per heavy atom. The van der Waals surface area contributed by atoms with Crippen molar-refractivity contribution < 1.29 is 4.79 Å². The summed E-state index contributed by atoms with van der Waals surface area (Å²) in [6.45, 7) is 1.60. The number of nitrogens with zero attached hydrogens (tertiary/aromatic N) is 2. The summed E-state index contributed by atoms with van der Waals surface area (Å²) in [5.41, 5.74) is 4.18. The average molecular weight is 330 g/mol. The number of anilines is 1. The molecule has 0 atom stereocenters. The maximum absolute atomic E-state index is 12.3. The zero-order valence-corrected chi connectivity index (χ0v) is 14.0. The largest absolute Gasteiger partial charge is 0.324 e. The van der Waals surface area contributed by atoms with E-state index in [1.54, 1.807) is 0 Å². The van der Waals surface area contributed by atoms with Crippen molar-refractivity contribution in [3.63, 3.8) is 0 Å². The second-order valence-electron chi connectivity index (χ2n) is 6.39. The van der Waals surface area contributed by atoms with Gasteiger partial charge in [-0.15, -0.1) is 0 Å². The van der Waals surface area contributed by atoms with Gasteiger partial charge in [0.1, 0.15) is 7.85 Å². The summed E-state index contributed by atoms with van der Waals surface area (Å²) in [6, 6.07) is 13.8. The highest BCUT2D eigenvalue weighted by molar-refractivity contribution is 6.38. The van der Waals surface area contributed by atoms with Gasteiger partial charge in [0.05, 0.1) is 11.0 Å². The lowest BCUT2D eigenvalue weighted by Gasteiger charge is -2.26. The fraction of sp³-hybridized carbons (Fsp3) is 0.263. The van der Waals surface area contributed by atoms with Crippen molar-refractivity contribution in [1.82, 2.24) is 14.9 Å². The van der Waals surface area contributed by atoms with Crippen LogP contribution in [0.15, 0.2) is 42.5 Å². The van der Waals surface area contributed by atoms with E-state index in [0.29, 0.717) is 16.9 Å². The second-order valence-corrected chi connectivity index (χ2v) is 6.39. The van der Waals surface area contributed by atoms with Crippen LogP contribution in [0, 0.1) is 0 Å². The molecule has 2 radical (unpaired) electrons. The Hall–Kier alpha value is -2.76. The summed E-state index contributed by atoms with van der Waals surface area (Å²) in [5, 5.41) is 2.85. The van der Waals surface area contributed by atoms with Gasteiger partial charge in [0.25, 0.3) is 0 Å². The zero-order valence-electron chi connectivity index (χ0n) is 14.0. The number of amides is 2. The fourth-order valence-corrected chi connectivity index (χ4v) is 3.28. The summed E-state index contributed by atoms with van der Waals surface area (Å²) in [4.78, 5) is 21.8. The lowest BCUT2D eigenvalue weighted by Crippen LogP contribution is -2.38. The van der Waals surface area contributed by atoms with Crippen LogP contribution in [0.5, 0.6) is 0 Å². The lowest BCUT2D eigenvalue weighted by atomic mass is 9.90. The molecule has 3 aromatic rings. The molecule has 1 aliphatic rings. The van der Waals surface area contributed by atoms with E-state index in [1.807, 2.05) is 47.4 Å². The molecule has 1 saturated heterocycles. The molecule has 6 heteroatoms. The van der Waals surface area contributed by atoms with Gasteiger partial charge in [-0.3, -0.25) is 5.32 Å². The summed E-state index contributed by atoms with van der Waals surface area (Å²) < 4.78 is 0. The molecule has 2 amide bonds. The fourth-order valence-electron chi connectivity index (χ4n) is 3.28. The predicted octanol–water partition coefficient (Wildman–Crippen LogP) is 3.04. The number of hydrogen-bond donors (Lipinski definition) is 2. The van der Waals surface area contributed by atoms with Gasteiger partial charge in [-0.2, -0.15) is 0 Å². The van der Waals surface area contributed by atoms with Crippen molar-refractivity contribution in [2.24, 2.45) is 0 Å². The van der Waals surface area contributed by atoms with Crippen LogP contribution < -0.4 is 10.8 Å². The molecule has 25 heavy (non-hydrogen) atoms. The molecule has 0 spiro atoms. The highest BCUT2D eigenvalue weighted by Crippen LogP contribution is 2.23. The molecule has 1 aliphatic heterocycles. The summed E-state index contributed by atoms with van der Waals surface area (Å²) in [5.74, 6) is 0.433. The van der Waals surface area contributed by atoms with Gasteiger partial charge in [0, 0.05) is 13.1 Å². The van der Waals surface area contributed by atoms with Crippen molar-refractivity contribution in [2.75, 3.05) is 18.4 Å². The Balaban J connectivity index is 1.61. The van der Waals surface area contributed by atoms with Gasteiger partial charge in [-0.25, -0.2) is 9.78 Å². The Labute approximate surface area is 147 Å². The maximum atomic E-state index is 12.3. The number of aromatic amines is 1. The van der Waals surface area contributed by atoms with Crippen LogP contribution in [0.3, 0.4) is 0 Å². The second kappa shape index (κ2) is 6.63. The normalized spacial score (nSPS) is 14.6. The van der Waals surface area contributed by atoms with Crippen LogP contribution in [-0.2, 0) is 0 Å². The van der Waals surface area contributed by atoms with E-state index >= 15 is 0 Å². The SMILES string of the molecule is [B]c1cc(-c2ccccc2)cc2[nH]c(NC(=O)N3CCCCC3)nc12. The molecular weight excluding hydrogens is 311 g/mol. The monoisotopic (exact) mass is 330 g/mol. The van der Waals surface area contributed by atoms with Gasteiger partial charge < -0.3 is 9.88 Å². The number of piperidine rings is 1. The molecule has 0 aliphatic carbocycles. The number of carbonyl (C=O) groups is 1. The van der Waals surface area contributed by atoms with E-state index in [-0.39, 0.29) is 6.03 Å². The Bertz CT molecular complexity index is 900. The number of urea groups is 1. The van der Waals surface area contributed by atoms with E-state index in [9.17, 15) is 4.79 Å².